The summed E-state index contributed by atoms with van der Waals surface area (Å²) in [6.07, 6.45) is 1.82. The molecule has 0 unspecified atom stereocenters. The van der Waals surface area contributed by atoms with Crippen molar-refractivity contribution in [3.05, 3.63) is 35.6 Å². The highest BCUT2D eigenvalue weighted by Gasteiger charge is 2.04. The lowest BCUT2D eigenvalue weighted by Gasteiger charge is -2.06. The van der Waals surface area contributed by atoms with Gasteiger partial charge in [-0.1, -0.05) is 31.5 Å². The van der Waals surface area contributed by atoms with Gasteiger partial charge < -0.3 is 9.47 Å². The highest BCUT2D eigenvalue weighted by atomic mass is 19.1. The third kappa shape index (κ3) is 5.45. The van der Waals surface area contributed by atoms with Crippen LogP contribution in [0.15, 0.2) is 24.3 Å². The van der Waals surface area contributed by atoms with Gasteiger partial charge in [-0.15, -0.1) is 0 Å². The van der Waals surface area contributed by atoms with E-state index in [9.17, 15) is 9.18 Å². The highest BCUT2D eigenvalue weighted by molar-refractivity contribution is 5.70. The summed E-state index contributed by atoms with van der Waals surface area (Å²) in [4.78, 5) is 11.2. The van der Waals surface area contributed by atoms with Gasteiger partial charge >= 0.3 is 5.97 Å². The summed E-state index contributed by atoms with van der Waals surface area (Å²) in [6.45, 7) is 2.37. The molecule has 94 valence electrons. The van der Waals surface area contributed by atoms with Crippen LogP contribution in [0.2, 0.25) is 0 Å². The van der Waals surface area contributed by atoms with Gasteiger partial charge in [-0.2, -0.15) is 0 Å². The van der Waals surface area contributed by atoms with Crippen LogP contribution in [0.5, 0.6) is 0 Å². The number of carbonyl (C=O) groups is 1. The first kappa shape index (κ1) is 13.6. The van der Waals surface area contributed by atoms with Crippen molar-refractivity contribution in [3.63, 3.8) is 0 Å². The number of hydrogen-bond donors (Lipinski definition) is 0. The lowest BCUT2D eigenvalue weighted by molar-refractivity contribution is -0.149. The molecule has 1 rings (SSSR count). The molecule has 4 heteroatoms. The van der Waals surface area contributed by atoms with E-state index in [1.165, 1.54) is 6.07 Å². The fourth-order valence-electron chi connectivity index (χ4n) is 1.23. The molecule has 0 fully saturated rings. The molecule has 1 aromatic carbocycles. The molecule has 17 heavy (non-hydrogen) atoms. The number of unbranched alkanes of at least 4 members (excludes halogenated alkanes) is 1. The van der Waals surface area contributed by atoms with E-state index >= 15 is 0 Å². The lowest BCUT2D eigenvalue weighted by atomic mass is 10.2. The fourth-order valence-corrected chi connectivity index (χ4v) is 1.23. The summed E-state index contributed by atoms with van der Waals surface area (Å²) < 4.78 is 23.1. The average Bonchev–Trinajstić information content (AvgIpc) is 2.32. The van der Waals surface area contributed by atoms with Crippen LogP contribution in [0.3, 0.4) is 0 Å². The third-order valence-electron chi connectivity index (χ3n) is 2.20. The van der Waals surface area contributed by atoms with E-state index in [-0.39, 0.29) is 19.0 Å². The number of ether oxygens (including phenoxy) is 2. The molecular weight excluding hydrogens is 223 g/mol. The molecular formula is C13H17FO3. The Morgan fingerprint density at radius 2 is 2.12 bits per heavy atom. The quantitative estimate of drug-likeness (QED) is 0.543. The topological polar surface area (TPSA) is 35.5 Å². The maximum absolute atomic E-state index is 13.2. The van der Waals surface area contributed by atoms with E-state index in [1.54, 1.807) is 18.2 Å². The van der Waals surface area contributed by atoms with Gasteiger partial charge in [0.2, 0.25) is 0 Å². The molecule has 0 bridgehead atoms. The molecule has 0 N–H and O–H groups in total. The predicted octanol–water partition coefficient (Wildman–Crippen LogP) is 2.69. The van der Waals surface area contributed by atoms with Gasteiger partial charge in [0.1, 0.15) is 12.4 Å². The van der Waals surface area contributed by atoms with Crippen molar-refractivity contribution in [2.45, 2.75) is 26.4 Å². The Morgan fingerprint density at radius 1 is 1.35 bits per heavy atom. The standard InChI is InChI=1S/C13H17FO3/c1-2-3-8-17-13(15)10-16-9-11-6-4-5-7-12(11)14/h4-7H,2-3,8-10H2,1H3. The summed E-state index contributed by atoms with van der Waals surface area (Å²) in [6, 6.07) is 6.31. The van der Waals surface area contributed by atoms with Gasteiger partial charge in [0, 0.05) is 5.56 Å². The zero-order valence-corrected chi connectivity index (χ0v) is 9.95. The number of esters is 1. The van der Waals surface area contributed by atoms with Gasteiger partial charge in [-0.3, -0.25) is 0 Å². The predicted molar refractivity (Wildman–Crippen MR) is 61.9 cm³/mol. The number of halogens is 1. The molecule has 0 saturated carbocycles. The number of carbonyl (C=O) groups excluding carboxylic acids is 1. The molecule has 0 spiro atoms. The molecule has 0 heterocycles. The van der Waals surface area contributed by atoms with Crippen LogP contribution in [0.4, 0.5) is 4.39 Å². The van der Waals surface area contributed by atoms with Crippen molar-refractivity contribution in [2.24, 2.45) is 0 Å². The van der Waals surface area contributed by atoms with Crippen LogP contribution in [0.25, 0.3) is 0 Å². The smallest absolute Gasteiger partial charge is 0.332 e. The van der Waals surface area contributed by atoms with Crippen molar-refractivity contribution in [3.8, 4) is 0 Å². The second-order valence-electron chi connectivity index (χ2n) is 3.66. The minimum Gasteiger partial charge on any atom is -0.464 e. The summed E-state index contributed by atoms with van der Waals surface area (Å²) in [5.41, 5.74) is 0.439. The van der Waals surface area contributed by atoms with Crippen LogP contribution in [-0.2, 0) is 20.9 Å². The van der Waals surface area contributed by atoms with E-state index in [2.05, 4.69) is 0 Å². The van der Waals surface area contributed by atoms with Crippen molar-refractivity contribution in [1.29, 1.82) is 0 Å². The van der Waals surface area contributed by atoms with E-state index in [1.807, 2.05) is 6.92 Å². The largest absolute Gasteiger partial charge is 0.464 e. The van der Waals surface area contributed by atoms with Gasteiger partial charge in [-0.25, -0.2) is 9.18 Å². The van der Waals surface area contributed by atoms with Crippen molar-refractivity contribution < 1.29 is 18.7 Å². The monoisotopic (exact) mass is 240 g/mol. The number of benzene rings is 1. The van der Waals surface area contributed by atoms with Crippen LogP contribution >= 0.6 is 0 Å². The van der Waals surface area contributed by atoms with E-state index in [0.29, 0.717) is 12.2 Å². The van der Waals surface area contributed by atoms with Crippen LogP contribution < -0.4 is 0 Å². The second-order valence-corrected chi connectivity index (χ2v) is 3.66. The molecule has 0 aliphatic heterocycles. The van der Waals surface area contributed by atoms with Gasteiger partial charge in [0.15, 0.2) is 0 Å². The average molecular weight is 240 g/mol. The molecule has 0 saturated heterocycles. The Hall–Kier alpha value is -1.42. The molecule has 3 nitrogen and oxygen atoms in total. The van der Waals surface area contributed by atoms with Crippen molar-refractivity contribution in [1.82, 2.24) is 0 Å². The zero-order chi connectivity index (χ0) is 12.5. The molecule has 0 aliphatic carbocycles. The summed E-state index contributed by atoms with van der Waals surface area (Å²) in [5.74, 6) is -0.735. The zero-order valence-electron chi connectivity index (χ0n) is 9.95. The number of hydrogen-bond acceptors (Lipinski definition) is 3. The normalized spacial score (nSPS) is 10.2. The molecule has 0 aliphatic rings. The molecule has 1 aromatic rings. The first-order chi connectivity index (χ1) is 8.24. The maximum atomic E-state index is 13.2. The Kier molecular flexibility index (Phi) is 6.25. The van der Waals surface area contributed by atoms with E-state index in [0.717, 1.165) is 12.8 Å². The van der Waals surface area contributed by atoms with E-state index in [4.69, 9.17) is 9.47 Å². The maximum Gasteiger partial charge on any atom is 0.332 e. The Labute approximate surface area is 101 Å². The number of rotatable bonds is 7. The second kappa shape index (κ2) is 7.79. The highest BCUT2D eigenvalue weighted by Crippen LogP contribution is 2.07. The van der Waals surface area contributed by atoms with Gasteiger partial charge in [0.25, 0.3) is 0 Å². The minimum absolute atomic E-state index is 0.0789. The van der Waals surface area contributed by atoms with Crippen molar-refractivity contribution in [2.75, 3.05) is 13.2 Å². The van der Waals surface area contributed by atoms with E-state index < -0.39 is 5.97 Å². The van der Waals surface area contributed by atoms with Crippen LogP contribution in [0.1, 0.15) is 25.3 Å². The Bertz CT molecular complexity index is 352. The van der Waals surface area contributed by atoms with Crippen LogP contribution in [-0.4, -0.2) is 19.2 Å². The first-order valence-electron chi connectivity index (χ1n) is 5.70. The molecule has 0 atom stereocenters. The van der Waals surface area contributed by atoms with Crippen LogP contribution in [0, 0.1) is 5.82 Å². The lowest BCUT2D eigenvalue weighted by Crippen LogP contribution is -2.13. The SMILES string of the molecule is CCCCOC(=O)COCc1ccccc1F. The van der Waals surface area contributed by atoms with Gasteiger partial charge in [0.05, 0.1) is 13.2 Å². The summed E-state index contributed by atoms with van der Waals surface area (Å²) in [7, 11) is 0. The Balaban J connectivity index is 2.19. The third-order valence-corrected chi connectivity index (χ3v) is 2.20. The minimum atomic E-state index is -0.408. The fraction of sp³-hybridized carbons (Fsp3) is 0.462. The Morgan fingerprint density at radius 3 is 2.82 bits per heavy atom. The summed E-state index contributed by atoms with van der Waals surface area (Å²) >= 11 is 0. The summed E-state index contributed by atoms with van der Waals surface area (Å²) in [5, 5.41) is 0. The van der Waals surface area contributed by atoms with Crippen molar-refractivity contribution >= 4 is 5.97 Å². The molecule has 0 amide bonds. The van der Waals surface area contributed by atoms with Gasteiger partial charge in [-0.05, 0) is 12.5 Å². The first-order valence-corrected chi connectivity index (χ1v) is 5.70. The molecule has 0 radical (unpaired) electrons. The molecule has 0 aromatic heterocycles.